The van der Waals surface area contributed by atoms with Crippen LogP contribution in [0.4, 0.5) is 0 Å². The van der Waals surface area contributed by atoms with Gasteiger partial charge in [0.2, 0.25) is 0 Å². The standard InChI is InChI=1S/C16H25NO/c1-3-11-17-16-14(10-12-18-2)9-8-13-6-4-5-7-15(13)16/h4-7,14,16-17H,3,8-12H2,1-2H3. The Bertz CT molecular complexity index is 364. The van der Waals surface area contributed by atoms with Crippen molar-refractivity contribution in [2.24, 2.45) is 5.92 Å². The molecule has 1 aliphatic rings. The summed E-state index contributed by atoms with van der Waals surface area (Å²) in [6, 6.07) is 9.41. The Morgan fingerprint density at radius 1 is 1.33 bits per heavy atom. The van der Waals surface area contributed by atoms with Crippen molar-refractivity contribution in [3.8, 4) is 0 Å². The van der Waals surface area contributed by atoms with Crippen molar-refractivity contribution in [3.63, 3.8) is 0 Å². The number of fused-ring (bicyclic) bond motifs is 1. The third-order valence-corrected chi connectivity index (χ3v) is 3.95. The quantitative estimate of drug-likeness (QED) is 0.832. The first kappa shape index (κ1) is 13.6. The average Bonchev–Trinajstić information content (AvgIpc) is 2.43. The Labute approximate surface area is 111 Å². The van der Waals surface area contributed by atoms with Crippen LogP contribution in [0.5, 0.6) is 0 Å². The zero-order valence-electron chi connectivity index (χ0n) is 11.6. The molecule has 0 aromatic heterocycles. The second kappa shape index (κ2) is 6.91. The first-order valence-corrected chi connectivity index (χ1v) is 7.17. The number of methoxy groups -OCH3 is 1. The van der Waals surface area contributed by atoms with E-state index < -0.39 is 0 Å². The van der Waals surface area contributed by atoms with Gasteiger partial charge in [-0.25, -0.2) is 0 Å². The van der Waals surface area contributed by atoms with E-state index in [-0.39, 0.29) is 0 Å². The molecule has 2 heteroatoms. The highest BCUT2D eigenvalue weighted by Crippen LogP contribution is 2.36. The van der Waals surface area contributed by atoms with E-state index in [2.05, 4.69) is 36.5 Å². The van der Waals surface area contributed by atoms with Gasteiger partial charge in [-0.1, -0.05) is 31.2 Å². The molecule has 2 unspecified atom stereocenters. The summed E-state index contributed by atoms with van der Waals surface area (Å²) in [6.07, 6.45) is 4.85. The highest BCUT2D eigenvalue weighted by molar-refractivity contribution is 5.33. The second-order valence-electron chi connectivity index (χ2n) is 5.21. The summed E-state index contributed by atoms with van der Waals surface area (Å²) in [7, 11) is 1.80. The van der Waals surface area contributed by atoms with Crippen LogP contribution in [0, 0.1) is 5.92 Å². The third-order valence-electron chi connectivity index (χ3n) is 3.95. The Hall–Kier alpha value is -0.860. The molecule has 2 atom stereocenters. The average molecular weight is 247 g/mol. The Balaban J connectivity index is 2.13. The lowest BCUT2D eigenvalue weighted by atomic mass is 9.78. The summed E-state index contributed by atoms with van der Waals surface area (Å²) in [5.41, 5.74) is 3.04. The number of ether oxygens (including phenoxy) is 1. The number of nitrogens with one attached hydrogen (secondary N) is 1. The Morgan fingerprint density at radius 3 is 2.94 bits per heavy atom. The van der Waals surface area contributed by atoms with Crippen molar-refractivity contribution in [2.45, 2.75) is 38.6 Å². The lowest BCUT2D eigenvalue weighted by Gasteiger charge is -2.34. The predicted octanol–water partition coefficient (Wildman–Crippen LogP) is 3.33. The summed E-state index contributed by atoms with van der Waals surface area (Å²) in [5.74, 6) is 0.714. The van der Waals surface area contributed by atoms with Crippen LogP contribution in [0.25, 0.3) is 0 Å². The molecule has 0 fully saturated rings. The Kier molecular flexibility index (Phi) is 5.21. The summed E-state index contributed by atoms with van der Waals surface area (Å²) in [5, 5.41) is 3.73. The molecule has 1 N–H and O–H groups in total. The minimum atomic E-state index is 0.519. The lowest BCUT2D eigenvalue weighted by molar-refractivity contribution is 0.159. The fourth-order valence-corrected chi connectivity index (χ4v) is 2.98. The van der Waals surface area contributed by atoms with Crippen molar-refractivity contribution in [1.82, 2.24) is 5.32 Å². The van der Waals surface area contributed by atoms with E-state index in [0.717, 1.165) is 19.6 Å². The molecular weight excluding hydrogens is 222 g/mol. The number of benzene rings is 1. The molecule has 0 amide bonds. The van der Waals surface area contributed by atoms with Crippen LogP contribution in [-0.4, -0.2) is 20.3 Å². The van der Waals surface area contributed by atoms with Gasteiger partial charge in [0.15, 0.2) is 0 Å². The van der Waals surface area contributed by atoms with Gasteiger partial charge in [-0.3, -0.25) is 0 Å². The van der Waals surface area contributed by atoms with Crippen molar-refractivity contribution in [1.29, 1.82) is 0 Å². The third kappa shape index (κ3) is 3.12. The second-order valence-corrected chi connectivity index (χ2v) is 5.21. The number of hydrogen-bond donors (Lipinski definition) is 1. The van der Waals surface area contributed by atoms with Crippen LogP contribution in [0.15, 0.2) is 24.3 Å². The van der Waals surface area contributed by atoms with Crippen molar-refractivity contribution < 1.29 is 4.74 Å². The van der Waals surface area contributed by atoms with E-state index in [4.69, 9.17) is 4.74 Å². The molecule has 0 radical (unpaired) electrons. The van der Waals surface area contributed by atoms with Gasteiger partial charge in [-0.2, -0.15) is 0 Å². The van der Waals surface area contributed by atoms with Gasteiger partial charge >= 0.3 is 0 Å². The maximum atomic E-state index is 5.26. The molecule has 1 aromatic rings. The predicted molar refractivity (Wildman–Crippen MR) is 75.8 cm³/mol. The molecule has 2 rings (SSSR count). The van der Waals surface area contributed by atoms with Gasteiger partial charge in [0.05, 0.1) is 0 Å². The molecule has 0 saturated carbocycles. The van der Waals surface area contributed by atoms with E-state index in [1.54, 1.807) is 7.11 Å². The molecule has 0 spiro atoms. The van der Waals surface area contributed by atoms with E-state index in [0.29, 0.717) is 12.0 Å². The van der Waals surface area contributed by atoms with Crippen molar-refractivity contribution in [2.75, 3.05) is 20.3 Å². The van der Waals surface area contributed by atoms with Crippen LogP contribution in [0.3, 0.4) is 0 Å². The molecule has 2 nitrogen and oxygen atoms in total. The molecule has 100 valence electrons. The van der Waals surface area contributed by atoms with Gasteiger partial charge in [-0.15, -0.1) is 0 Å². The molecule has 1 aliphatic carbocycles. The summed E-state index contributed by atoms with van der Waals surface area (Å²) < 4.78 is 5.26. The minimum absolute atomic E-state index is 0.519. The molecule has 0 bridgehead atoms. The van der Waals surface area contributed by atoms with E-state index in [1.807, 2.05) is 0 Å². The zero-order chi connectivity index (χ0) is 12.8. The highest BCUT2D eigenvalue weighted by Gasteiger charge is 2.28. The van der Waals surface area contributed by atoms with E-state index >= 15 is 0 Å². The summed E-state index contributed by atoms with van der Waals surface area (Å²) in [6.45, 7) is 4.20. The SMILES string of the molecule is CCCNC1c2ccccc2CCC1CCOC. The van der Waals surface area contributed by atoms with Crippen molar-refractivity contribution >= 4 is 0 Å². The van der Waals surface area contributed by atoms with Gasteiger partial charge in [-0.05, 0) is 49.3 Å². The van der Waals surface area contributed by atoms with Gasteiger partial charge < -0.3 is 10.1 Å². The largest absolute Gasteiger partial charge is 0.385 e. The smallest absolute Gasteiger partial charge is 0.0465 e. The van der Waals surface area contributed by atoms with Crippen LogP contribution in [-0.2, 0) is 11.2 Å². The van der Waals surface area contributed by atoms with Crippen LogP contribution in [0.1, 0.15) is 43.4 Å². The number of rotatable bonds is 6. The molecule has 18 heavy (non-hydrogen) atoms. The topological polar surface area (TPSA) is 21.3 Å². The monoisotopic (exact) mass is 247 g/mol. The molecule has 0 aliphatic heterocycles. The molecule has 0 heterocycles. The molecule has 0 saturated heterocycles. The fraction of sp³-hybridized carbons (Fsp3) is 0.625. The normalized spacial score (nSPS) is 22.8. The van der Waals surface area contributed by atoms with E-state index in [9.17, 15) is 0 Å². The minimum Gasteiger partial charge on any atom is -0.385 e. The highest BCUT2D eigenvalue weighted by atomic mass is 16.5. The van der Waals surface area contributed by atoms with Gasteiger partial charge in [0.25, 0.3) is 0 Å². The fourth-order valence-electron chi connectivity index (χ4n) is 2.98. The molecular formula is C16H25NO. The zero-order valence-corrected chi connectivity index (χ0v) is 11.6. The van der Waals surface area contributed by atoms with Crippen LogP contribution < -0.4 is 5.32 Å². The van der Waals surface area contributed by atoms with E-state index in [1.165, 1.54) is 30.4 Å². The summed E-state index contributed by atoms with van der Waals surface area (Å²) in [4.78, 5) is 0. The van der Waals surface area contributed by atoms with Crippen LogP contribution >= 0.6 is 0 Å². The first-order chi connectivity index (χ1) is 8.86. The summed E-state index contributed by atoms with van der Waals surface area (Å²) >= 11 is 0. The first-order valence-electron chi connectivity index (χ1n) is 7.17. The van der Waals surface area contributed by atoms with Gasteiger partial charge in [0, 0.05) is 19.8 Å². The van der Waals surface area contributed by atoms with Gasteiger partial charge in [0.1, 0.15) is 0 Å². The maximum Gasteiger partial charge on any atom is 0.0465 e. The Morgan fingerprint density at radius 2 is 2.17 bits per heavy atom. The molecule has 1 aromatic carbocycles. The lowest BCUT2D eigenvalue weighted by Crippen LogP contribution is -2.33. The van der Waals surface area contributed by atoms with Crippen LogP contribution in [0.2, 0.25) is 0 Å². The number of hydrogen-bond acceptors (Lipinski definition) is 2. The maximum absolute atomic E-state index is 5.26. The number of aryl methyl sites for hydroxylation is 1. The van der Waals surface area contributed by atoms with Crippen molar-refractivity contribution in [3.05, 3.63) is 35.4 Å².